The first-order valence-corrected chi connectivity index (χ1v) is 6.36. The summed E-state index contributed by atoms with van der Waals surface area (Å²) in [6.45, 7) is 1.38. The summed E-state index contributed by atoms with van der Waals surface area (Å²) in [5.74, 6) is 1.09. The van der Waals surface area contributed by atoms with Crippen molar-refractivity contribution in [3.63, 3.8) is 0 Å². The third kappa shape index (κ3) is 2.59. The van der Waals surface area contributed by atoms with Crippen molar-refractivity contribution < 1.29 is 19.1 Å². The van der Waals surface area contributed by atoms with Gasteiger partial charge < -0.3 is 19.7 Å². The molecule has 2 aliphatic heterocycles. The molecule has 1 aromatic rings. The smallest absolute Gasteiger partial charge is 0.247 e. The molecule has 0 spiro atoms. The Kier molecular flexibility index (Phi) is 3.28. The predicted octanol–water partition coefficient (Wildman–Crippen LogP) is 0.387. The second kappa shape index (κ2) is 5.24. The largest absolute Gasteiger partial charge is 0.454 e. The molecule has 0 radical (unpaired) electrons. The Morgan fingerprint density at radius 1 is 1.30 bits per heavy atom. The highest BCUT2D eigenvalue weighted by atomic mass is 16.7. The SMILES string of the molecule is O=C1CN(C(=O)C=Cc2ccc3c(c2)OCO3)CCN1. The first-order valence-electron chi connectivity index (χ1n) is 6.36. The molecule has 104 valence electrons. The van der Waals surface area contributed by atoms with Gasteiger partial charge in [0, 0.05) is 19.2 Å². The molecule has 0 aliphatic carbocycles. The monoisotopic (exact) mass is 274 g/mol. The van der Waals surface area contributed by atoms with Gasteiger partial charge in [-0.2, -0.15) is 0 Å². The zero-order valence-electron chi connectivity index (χ0n) is 10.8. The van der Waals surface area contributed by atoms with Crippen LogP contribution in [0.1, 0.15) is 5.56 Å². The van der Waals surface area contributed by atoms with E-state index in [0.717, 1.165) is 5.56 Å². The van der Waals surface area contributed by atoms with Crippen LogP contribution < -0.4 is 14.8 Å². The molecule has 0 unspecified atom stereocenters. The summed E-state index contributed by atoms with van der Waals surface area (Å²) in [6, 6.07) is 5.47. The summed E-state index contributed by atoms with van der Waals surface area (Å²) < 4.78 is 10.5. The van der Waals surface area contributed by atoms with E-state index < -0.39 is 0 Å². The second-order valence-electron chi connectivity index (χ2n) is 4.56. The molecule has 1 aromatic carbocycles. The number of fused-ring (bicyclic) bond motifs is 1. The normalized spacial score (nSPS) is 17.4. The molecule has 0 saturated carbocycles. The standard InChI is InChI=1S/C14H14N2O4/c17-13-8-16(6-5-15-13)14(18)4-2-10-1-3-11-12(7-10)20-9-19-11/h1-4,7H,5-6,8-9H2,(H,15,17). The van der Waals surface area contributed by atoms with E-state index >= 15 is 0 Å². The van der Waals surface area contributed by atoms with Gasteiger partial charge in [0.2, 0.25) is 18.6 Å². The van der Waals surface area contributed by atoms with E-state index in [1.54, 1.807) is 12.1 Å². The highest BCUT2D eigenvalue weighted by Crippen LogP contribution is 2.32. The van der Waals surface area contributed by atoms with Crippen LogP contribution in [0.3, 0.4) is 0 Å². The molecule has 2 heterocycles. The molecule has 3 rings (SSSR count). The van der Waals surface area contributed by atoms with E-state index in [4.69, 9.17) is 9.47 Å². The lowest BCUT2D eigenvalue weighted by atomic mass is 10.2. The van der Waals surface area contributed by atoms with Crippen LogP contribution in [0.5, 0.6) is 11.5 Å². The van der Waals surface area contributed by atoms with Crippen LogP contribution in [0, 0.1) is 0 Å². The summed E-state index contributed by atoms with van der Waals surface area (Å²) in [7, 11) is 0. The zero-order valence-corrected chi connectivity index (χ0v) is 10.8. The lowest BCUT2D eigenvalue weighted by molar-refractivity contribution is -0.134. The van der Waals surface area contributed by atoms with Crippen molar-refractivity contribution in [1.82, 2.24) is 10.2 Å². The van der Waals surface area contributed by atoms with Crippen molar-refractivity contribution in [3.8, 4) is 11.5 Å². The maximum Gasteiger partial charge on any atom is 0.247 e. The number of benzene rings is 1. The van der Waals surface area contributed by atoms with Crippen molar-refractivity contribution in [2.75, 3.05) is 26.4 Å². The fourth-order valence-electron chi connectivity index (χ4n) is 2.12. The summed E-state index contributed by atoms with van der Waals surface area (Å²) in [6.07, 6.45) is 3.17. The van der Waals surface area contributed by atoms with Crippen LogP contribution in [0.15, 0.2) is 24.3 Å². The molecular formula is C14H14N2O4. The van der Waals surface area contributed by atoms with Crippen LogP contribution in [0.25, 0.3) is 6.08 Å². The summed E-state index contributed by atoms with van der Waals surface area (Å²) in [5, 5.41) is 2.68. The average Bonchev–Trinajstić information content (AvgIpc) is 2.92. The van der Waals surface area contributed by atoms with Crippen molar-refractivity contribution in [1.29, 1.82) is 0 Å². The van der Waals surface area contributed by atoms with Gasteiger partial charge in [-0.25, -0.2) is 0 Å². The molecule has 6 nitrogen and oxygen atoms in total. The topological polar surface area (TPSA) is 67.9 Å². The Morgan fingerprint density at radius 3 is 3.00 bits per heavy atom. The molecule has 1 fully saturated rings. The number of hydrogen-bond acceptors (Lipinski definition) is 4. The minimum Gasteiger partial charge on any atom is -0.454 e. The van der Waals surface area contributed by atoms with E-state index in [2.05, 4.69) is 5.32 Å². The van der Waals surface area contributed by atoms with Gasteiger partial charge in [-0.3, -0.25) is 9.59 Å². The van der Waals surface area contributed by atoms with Crippen molar-refractivity contribution in [2.45, 2.75) is 0 Å². The molecule has 0 aromatic heterocycles. The first-order chi connectivity index (χ1) is 9.72. The number of carbonyl (C=O) groups is 2. The maximum absolute atomic E-state index is 12.0. The maximum atomic E-state index is 12.0. The van der Waals surface area contributed by atoms with Crippen molar-refractivity contribution >= 4 is 17.9 Å². The number of hydrogen-bond donors (Lipinski definition) is 1. The van der Waals surface area contributed by atoms with E-state index in [9.17, 15) is 9.59 Å². The molecular weight excluding hydrogens is 260 g/mol. The van der Waals surface area contributed by atoms with Crippen LogP contribution >= 0.6 is 0 Å². The minimum absolute atomic E-state index is 0.115. The molecule has 6 heteroatoms. The number of amides is 2. The van der Waals surface area contributed by atoms with E-state index in [1.807, 2.05) is 12.1 Å². The number of ether oxygens (including phenoxy) is 2. The van der Waals surface area contributed by atoms with Gasteiger partial charge in [0.1, 0.15) is 0 Å². The fourth-order valence-corrected chi connectivity index (χ4v) is 2.12. The lowest BCUT2D eigenvalue weighted by Gasteiger charge is -2.25. The Balaban J connectivity index is 1.67. The Morgan fingerprint density at radius 2 is 2.15 bits per heavy atom. The summed E-state index contributed by atoms with van der Waals surface area (Å²) in [4.78, 5) is 24.7. The number of carbonyl (C=O) groups excluding carboxylic acids is 2. The average molecular weight is 274 g/mol. The predicted molar refractivity (Wildman–Crippen MR) is 71.2 cm³/mol. The number of nitrogens with zero attached hydrogens (tertiary/aromatic N) is 1. The zero-order chi connectivity index (χ0) is 13.9. The fraction of sp³-hybridized carbons (Fsp3) is 0.286. The molecule has 0 bridgehead atoms. The van der Waals surface area contributed by atoms with Gasteiger partial charge in [0.25, 0.3) is 0 Å². The van der Waals surface area contributed by atoms with E-state index in [1.165, 1.54) is 11.0 Å². The van der Waals surface area contributed by atoms with Gasteiger partial charge in [-0.05, 0) is 23.8 Å². The van der Waals surface area contributed by atoms with Gasteiger partial charge in [0.15, 0.2) is 11.5 Å². The van der Waals surface area contributed by atoms with Gasteiger partial charge in [-0.15, -0.1) is 0 Å². The molecule has 20 heavy (non-hydrogen) atoms. The van der Waals surface area contributed by atoms with Gasteiger partial charge in [0.05, 0.1) is 6.54 Å². The summed E-state index contributed by atoms with van der Waals surface area (Å²) >= 11 is 0. The molecule has 1 N–H and O–H groups in total. The van der Waals surface area contributed by atoms with Crippen molar-refractivity contribution in [2.24, 2.45) is 0 Å². The second-order valence-corrected chi connectivity index (χ2v) is 4.56. The third-order valence-corrected chi connectivity index (χ3v) is 3.17. The van der Waals surface area contributed by atoms with E-state index in [-0.39, 0.29) is 25.2 Å². The van der Waals surface area contributed by atoms with Crippen LogP contribution in [0.2, 0.25) is 0 Å². The Labute approximate surface area is 116 Å². The molecule has 2 aliphatic rings. The molecule has 1 saturated heterocycles. The quantitative estimate of drug-likeness (QED) is 0.792. The van der Waals surface area contributed by atoms with Crippen LogP contribution in [0.4, 0.5) is 0 Å². The Bertz CT molecular complexity index is 583. The number of nitrogens with one attached hydrogen (secondary N) is 1. The molecule has 2 amide bonds. The highest BCUT2D eigenvalue weighted by Gasteiger charge is 2.19. The van der Waals surface area contributed by atoms with Crippen LogP contribution in [-0.4, -0.2) is 43.1 Å². The van der Waals surface area contributed by atoms with E-state index in [0.29, 0.717) is 24.6 Å². The minimum atomic E-state index is -0.169. The Hall–Kier alpha value is -2.50. The van der Waals surface area contributed by atoms with Crippen LogP contribution in [-0.2, 0) is 9.59 Å². The lowest BCUT2D eigenvalue weighted by Crippen LogP contribution is -2.49. The van der Waals surface area contributed by atoms with Gasteiger partial charge >= 0.3 is 0 Å². The highest BCUT2D eigenvalue weighted by molar-refractivity contribution is 5.95. The molecule has 0 atom stereocenters. The summed E-state index contributed by atoms with van der Waals surface area (Å²) in [5.41, 5.74) is 0.851. The number of rotatable bonds is 2. The van der Waals surface area contributed by atoms with Gasteiger partial charge in [-0.1, -0.05) is 6.07 Å². The third-order valence-electron chi connectivity index (χ3n) is 3.17. The number of piperazine rings is 1. The first kappa shape index (κ1) is 12.5. The van der Waals surface area contributed by atoms with Crippen molar-refractivity contribution in [3.05, 3.63) is 29.8 Å².